The molecule has 3 aromatic heterocycles. The van der Waals surface area contributed by atoms with Crippen LogP contribution >= 0.6 is 11.6 Å². The lowest BCUT2D eigenvalue weighted by molar-refractivity contribution is 0.799. The average molecular weight is 207 g/mol. The molecule has 0 aliphatic rings. The number of aromatic amines is 1. The molecule has 0 aliphatic heterocycles. The van der Waals surface area contributed by atoms with Crippen molar-refractivity contribution in [3.05, 3.63) is 23.6 Å². The van der Waals surface area contributed by atoms with Gasteiger partial charge < -0.3 is 5.10 Å². The van der Waals surface area contributed by atoms with Crippen molar-refractivity contribution in [2.75, 3.05) is 0 Å². The third-order valence-corrected chi connectivity index (χ3v) is 2.64. The van der Waals surface area contributed by atoms with Crippen LogP contribution < -0.4 is 0 Å². The first-order chi connectivity index (χ1) is 6.77. The van der Waals surface area contributed by atoms with Crippen LogP contribution in [0.4, 0.5) is 0 Å². The summed E-state index contributed by atoms with van der Waals surface area (Å²) in [5.74, 6) is 0. The molecule has 4 nitrogen and oxygen atoms in total. The molecule has 0 radical (unpaired) electrons. The first-order valence-electron chi connectivity index (χ1n) is 4.21. The maximum atomic E-state index is 6.02. The van der Waals surface area contributed by atoms with Crippen LogP contribution in [0.25, 0.3) is 21.9 Å². The molecule has 5 heteroatoms. The van der Waals surface area contributed by atoms with E-state index in [1.165, 1.54) is 0 Å². The summed E-state index contributed by atoms with van der Waals surface area (Å²) in [6.45, 7) is 0. The highest BCUT2D eigenvalue weighted by molar-refractivity contribution is 6.35. The molecule has 0 saturated carbocycles. The fourth-order valence-corrected chi connectivity index (χ4v) is 1.94. The van der Waals surface area contributed by atoms with Crippen molar-refractivity contribution in [1.82, 2.24) is 19.7 Å². The Labute approximate surface area is 84.5 Å². The number of halogens is 1. The summed E-state index contributed by atoms with van der Waals surface area (Å²) in [4.78, 5) is 8.33. The zero-order valence-corrected chi connectivity index (χ0v) is 8.21. The van der Waals surface area contributed by atoms with E-state index in [-0.39, 0.29) is 0 Å². The van der Waals surface area contributed by atoms with Gasteiger partial charge in [-0.2, -0.15) is 0 Å². The van der Waals surface area contributed by atoms with Gasteiger partial charge in [0.05, 0.1) is 10.9 Å². The third-order valence-electron chi connectivity index (χ3n) is 2.35. The van der Waals surface area contributed by atoms with E-state index in [0.717, 1.165) is 16.3 Å². The normalized spacial score (nSPS) is 11.6. The van der Waals surface area contributed by atoms with Crippen LogP contribution in [0.3, 0.4) is 0 Å². The van der Waals surface area contributed by atoms with Crippen molar-refractivity contribution in [1.29, 1.82) is 0 Å². The van der Waals surface area contributed by atoms with Gasteiger partial charge in [0.25, 0.3) is 0 Å². The number of fused-ring (bicyclic) bond motifs is 3. The summed E-state index contributed by atoms with van der Waals surface area (Å²) in [6.07, 6.45) is 3.58. The number of hydrogen-bond donors (Lipinski definition) is 1. The molecule has 3 rings (SSSR count). The van der Waals surface area contributed by atoms with Crippen molar-refractivity contribution in [2.24, 2.45) is 7.05 Å². The Kier molecular flexibility index (Phi) is 1.39. The minimum absolute atomic E-state index is 0.489. The summed E-state index contributed by atoms with van der Waals surface area (Å²) in [7, 11) is 1.94. The molecule has 0 saturated heterocycles. The number of pyridine rings is 1. The van der Waals surface area contributed by atoms with E-state index in [4.69, 9.17) is 11.6 Å². The number of nitrogens with one attached hydrogen (secondary N) is 1. The Bertz CT molecular complexity index is 622. The van der Waals surface area contributed by atoms with Gasteiger partial charge >= 0.3 is 0 Å². The Balaban J connectivity index is 2.70. The van der Waals surface area contributed by atoms with Crippen molar-refractivity contribution in [2.45, 2.75) is 0 Å². The second-order valence-electron chi connectivity index (χ2n) is 3.18. The smallest absolute Gasteiger partial charge is 0.163 e. The second-order valence-corrected chi connectivity index (χ2v) is 3.54. The highest BCUT2D eigenvalue weighted by atomic mass is 35.5. The highest BCUT2D eigenvalue weighted by Gasteiger charge is 2.10. The van der Waals surface area contributed by atoms with E-state index in [1.54, 1.807) is 6.20 Å². The van der Waals surface area contributed by atoms with Crippen LogP contribution in [0.1, 0.15) is 0 Å². The highest BCUT2D eigenvalue weighted by Crippen LogP contribution is 2.27. The number of aromatic nitrogens is 4. The zero-order valence-electron chi connectivity index (χ0n) is 7.45. The van der Waals surface area contributed by atoms with Gasteiger partial charge in [0, 0.05) is 24.8 Å². The molecule has 0 aromatic carbocycles. The van der Waals surface area contributed by atoms with E-state index >= 15 is 0 Å². The van der Waals surface area contributed by atoms with Gasteiger partial charge in [0.2, 0.25) is 0 Å². The van der Waals surface area contributed by atoms with E-state index in [1.807, 2.05) is 24.0 Å². The van der Waals surface area contributed by atoms with E-state index in [9.17, 15) is 0 Å². The van der Waals surface area contributed by atoms with Crippen LogP contribution in [0.15, 0.2) is 18.5 Å². The first kappa shape index (κ1) is 7.82. The number of hydrogen-bond acceptors (Lipinski definition) is 2. The summed E-state index contributed by atoms with van der Waals surface area (Å²) in [5.41, 5.74) is 1.73. The number of H-pyrrole nitrogens is 1. The van der Waals surface area contributed by atoms with Gasteiger partial charge in [0.1, 0.15) is 5.15 Å². The lowest BCUT2D eigenvalue weighted by Crippen LogP contribution is -1.90. The van der Waals surface area contributed by atoms with Gasteiger partial charge in [-0.25, -0.2) is 9.97 Å². The standard InChI is InChI=1S/C9H7ClN4/c1-14-7-5-2-3-11-9(5)13-8(10)6(7)4-12-14/h2-4,12H,1H3. The van der Waals surface area contributed by atoms with Crippen LogP contribution in [0, 0.1) is 0 Å². The van der Waals surface area contributed by atoms with Gasteiger partial charge in [-0.1, -0.05) is 11.6 Å². The van der Waals surface area contributed by atoms with Crippen LogP contribution in [0.2, 0.25) is 5.15 Å². The molecule has 3 heterocycles. The molecule has 1 N–H and O–H groups in total. The quantitative estimate of drug-likeness (QED) is 0.573. The molecule has 0 bridgehead atoms. The topological polar surface area (TPSA) is 46.5 Å². The predicted octanol–water partition coefficient (Wildman–Crippen LogP) is 2.10. The van der Waals surface area contributed by atoms with E-state index in [0.29, 0.717) is 10.8 Å². The third kappa shape index (κ3) is 0.834. The van der Waals surface area contributed by atoms with Crippen molar-refractivity contribution in [3.63, 3.8) is 0 Å². The fourth-order valence-electron chi connectivity index (χ4n) is 1.71. The summed E-state index contributed by atoms with van der Waals surface area (Å²) in [6, 6.07) is 1.94. The van der Waals surface area contributed by atoms with Gasteiger partial charge in [-0.05, 0) is 6.07 Å². The number of aryl methyl sites for hydroxylation is 1. The van der Waals surface area contributed by atoms with Crippen LogP contribution in [-0.2, 0) is 7.05 Å². The largest absolute Gasteiger partial charge is 0.305 e. The maximum Gasteiger partial charge on any atom is 0.163 e. The second kappa shape index (κ2) is 2.48. The van der Waals surface area contributed by atoms with Gasteiger partial charge in [-0.15, -0.1) is 0 Å². The number of rotatable bonds is 0. The molecule has 0 fully saturated rings. The van der Waals surface area contributed by atoms with Gasteiger partial charge in [0.15, 0.2) is 5.65 Å². The zero-order chi connectivity index (χ0) is 9.71. The lowest BCUT2D eigenvalue weighted by Gasteiger charge is -1.98. The van der Waals surface area contributed by atoms with E-state index < -0.39 is 0 Å². The molecule has 3 aromatic rings. The molecule has 0 amide bonds. The summed E-state index contributed by atoms with van der Waals surface area (Å²) >= 11 is 6.02. The SMILES string of the molecule is Cn1[nH]cc2c(Cl)nc3nccc3c21. The number of nitrogens with zero attached hydrogens (tertiary/aromatic N) is 3. The molecule has 0 unspecified atom stereocenters. The molecular formula is C9H7ClN4. The average Bonchev–Trinajstić information content (AvgIpc) is 2.71. The van der Waals surface area contributed by atoms with Gasteiger partial charge in [-0.3, -0.25) is 4.68 Å². The lowest BCUT2D eigenvalue weighted by atomic mass is 10.2. The van der Waals surface area contributed by atoms with Crippen molar-refractivity contribution < 1.29 is 0 Å². The van der Waals surface area contributed by atoms with Crippen molar-refractivity contribution in [3.8, 4) is 0 Å². The van der Waals surface area contributed by atoms with Crippen LogP contribution in [0.5, 0.6) is 0 Å². The summed E-state index contributed by atoms with van der Waals surface area (Å²) < 4.78 is 1.91. The summed E-state index contributed by atoms with van der Waals surface area (Å²) in [5, 5.41) is 5.50. The Morgan fingerprint density at radius 3 is 3.14 bits per heavy atom. The van der Waals surface area contributed by atoms with Crippen molar-refractivity contribution >= 4 is 33.5 Å². The first-order valence-corrected chi connectivity index (χ1v) is 4.59. The fraction of sp³-hybridized carbons (Fsp3) is 0.111. The van der Waals surface area contributed by atoms with Crippen LogP contribution in [-0.4, -0.2) is 19.7 Å². The monoisotopic (exact) mass is 206 g/mol. The molecule has 0 atom stereocenters. The Morgan fingerprint density at radius 1 is 1.43 bits per heavy atom. The molecule has 14 heavy (non-hydrogen) atoms. The maximum absolute atomic E-state index is 6.02. The minimum Gasteiger partial charge on any atom is -0.305 e. The Hall–Kier alpha value is -1.55. The minimum atomic E-state index is 0.489. The Morgan fingerprint density at radius 2 is 2.29 bits per heavy atom. The molecule has 0 aliphatic carbocycles. The molecule has 0 spiro atoms. The molecule has 70 valence electrons. The van der Waals surface area contributed by atoms with E-state index in [2.05, 4.69) is 15.1 Å². The molecular weight excluding hydrogens is 200 g/mol. The predicted molar refractivity (Wildman–Crippen MR) is 55.4 cm³/mol.